The van der Waals surface area contributed by atoms with Crippen LogP contribution in [0.3, 0.4) is 0 Å². The summed E-state index contributed by atoms with van der Waals surface area (Å²) < 4.78 is 10.3. The lowest BCUT2D eigenvalue weighted by molar-refractivity contribution is -0.122. The molecule has 0 aromatic heterocycles. The molecule has 2 heterocycles. The molecule has 0 aliphatic carbocycles. The molecule has 3 rings (SSSR count). The highest BCUT2D eigenvalue weighted by Crippen LogP contribution is 2.55. The number of rotatable bonds is 15. The first-order valence-corrected chi connectivity index (χ1v) is 16.4. The highest BCUT2D eigenvalue weighted by Gasteiger charge is 2.40. The molecule has 2 fully saturated rings. The summed E-state index contributed by atoms with van der Waals surface area (Å²) in [5, 5.41) is 13.2. The number of fused-ring (bicyclic) bond motifs is 1. The molecule has 2 aliphatic rings. The number of benzene rings is 1. The lowest BCUT2D eigenvalue weighted by atomic mass is 10.0. The third kappa shape index (κ3) is 9.94. The average molecular weight is 618 g/mol. The van der Waals surface area contributed by atoms with Gasteiger partial charge in [0.2, 0.25) is 11.8 Å². The maximum Gasteiger partial charge on any atom is 0.343 e. The first-order valence-electron chi connectivity index (χ1n) is 12.8. The van der Waals surface area contributed by atoms with Crippen LogP contribution in [0.25, 0.3) is 0 Å². The average Bonchev–Trinajstić information content (AvgIpc) is 3.41. The molecule has 6 N–H and O–H groups in total. The van der Waals surface area contributed by atoms with Crippen molar-refractivity contribution >= 4 is 47.1 Å². The van der Waals surface area contributed by atoms with Gasteiger partial charge in [0, 0.05) is 36.9 Å². The quantitative estimate of drug-likeness (QED) is 0.0997. The predicted molar refractivity (Wildman–Crippen MR) is 151 cm³/mol. The third-order valence-corrected chi connectivity index (χ3v) is 11.1. The minimum atomic E-state index is -4.25. The van der Waals surface area contributed by atoms with E-state index in [1.165, 1.54) is 0 Å². The van der Waals surface area contributed by atoms with Gasteiger partial charge in [-0.25, -0.2) is 0 Å². The summed E-state index contributed by atoms with van der Waals surface area (Å²) in [6, 6.07) is 7.71. The Morgan fingerprint density at radius 3 is 2.43 bits per heavy atom. The third-order valence-electron chi connectivity index (χ3n) is 6.61. The Balaban J connectivity index is 1.16. The van der Waals surface area contributed by atoms with Crippen LogP contribution in [0.5, 0.6) is 0 Å². The molecule has 12 heteroatoms. The van der Waals surface area contributed by atoms with Crippen molar-refractivity contribution in [2.75, 3.05) is 12.3 Å². The van der Waals surface area contributed by atoms with Crippen molar-refractivity contribution in [2.24, 2.45) is 0 Å². The highest BCUT2D eigenvalue weighted by atomic mass is 79.9. The number of hydrogen-bond acceptors (Lipinski definition) is 6. The van der Waals surface area contributed by atoms with Crippen LogP contribution in [0.15, 0.2) is 36.7 Å². The van der Waals surface area contributed by atoms with Gasteiger partial charge in [0.15, 0.2) is 0 Å². The molecule has 9 nitrogen and oxygen atoms in total. The number of carbonyl (C=O) groups excluding carboxylic acids is 2. The van der Waals surface area contributed by atoms with Crippen molar-refractivity contribution in [1.29, 1.82) is 0 Å². The number of alkyl halides is 1. The molecule has 0 bridgehead atoms. The molecule has 206 valence electrons. The Morgan fingerprint density at radius 1 is 1.05 bits per heavy atom. The van der Waals surface area contributed by atoms with Gasteiger partial charge in [-0.05, 0) is 36.8 Å². The van der Waals surface area contributed by atoms with E-state index >= 15 is 0 Å². The number of thioether (sulfide) groups is 1. The van der Waals surface area contributed by atoms with Gasteiger partial charge >= 0.3 is 7.60 Å². The molecule has 2 saturated heterocycles. The molecule has 0 saturated carbocycles. The Bertz CT molecular complexity index is 976. The molecule has 2 amide bonds. The van der Waals surface area contributed by atoms with E-state index < -0.39 is 12.2 Å². The zero-order valence-corrected chi connectivity index (χ0v) is 24.3. The minimum Gasteiger partial charge on any atom is -0.367 e. The zero-order valence-electron chi connectivity index (χ0n) is 21.0. The fourth-order valence-electron chi connectivity index (χ4n) is 4.56. The van der Waals surface area contributed by atoms with Gasteiger partial charge in [0.05, 0.1) is 17.9 Å². The van der Waals surface area contributed by atoms with E-state index in [1.807, 2.05) is 11.8 Å². The Kier molecular flexibility index (Phi) is 11.8. The molecular formula is C25H38BrN4O5PS. The zero-order chi connectivity index (χ0) is 26.8. The van der Waals surface area contributed by atoms with E-state index in [9.17, 15) is 23.9 Å². The monoisotopic (exact) mass is 616 g/mol. The molecule has 1 aromatic carbocycles. The van der Waals surface area contributed by atoms with E-state index in [0.29, 0.717) is 48.8 Å². The molecule has 37 heavy (non-hydrogen) atoms. The van der Waals surface area contributed by atoms with Crippen molar-refractivity contribution in [3.63, 3.8) is 0 Å². The van der Waals surface area contributed by atoms with Gasteiger partial charge in [-0.15, -0.1) is 0 Å². The second kappa shape index (κ2) is 14.6. The number of unbranched alkanes of at least 4 members (excludes halogenated alkanes) is 3. The van der Waals surface area contributed by atoms with Gasteiger partial charge in [-0.1, -0.05) is 59.6 Å². The van der Waals surface area contributed by atoms with E-state index in [-0.39, 0.29) is 11.8 Å². The van der Waals surface area contributed by atoms with Crippen LogP contribution < -0.4 is 21.3 Å². The SMILES string of the molecule is C=C1NC2CSC(CCCCC(=O)NCCCCCC(=O)NCc3ccc(C(Br)P(=O)(O)O)cc3)C2N1. The van der Waals surface area contributed by atoms with Gasteiger partial charge in [0.25, 0.3) is 0 Å². The maximum absolute atomic E-state index is 12.1. The van der Waals surface area contributed by atoms with Gasteiger partial charge in [-0.3, -0.25) is 14.2 Å². The summed E-state index contributed by atoms with van der Waals surface area (Å²) in [5.41, 5.74) is 1.34. The van der Waals surface area contributed by atoms with Crippen LogP contribution in [-0.2, 0) is 20.7 Å². The Morgan fingerprint density at radius 2 is 1.73 bits per heavy atom. The number of nitrogens with one attached hydrogen (secondary N) is 4. The van der Waals surface area contributed by atoms with Crippen LogP contribution in [0.4, 0.5) is 0 Å². The number of halogens is 1. The summed E-state index contributed by atoms with van der Waals surface area (Å²) >= 11 is 5.02. The number of amides is 2. The Labute approximate surface area is 231 Å². The van der Waals surface area contributed by atoms with Crippen molar-refractivity contribution in [3.8, 4) is 0 Å². The molecule has 0 spiro atoms. The maximum atomic E-state index is 12.1. The van der Waals surface area contributed by atoms with Crippen molar-refractivity contribution in [1.82, 2.24) is 21.3 Å². The van der Waals surface area contributed by atoms with E-state index in [0.717, 1.165) is 55.7 Å². The topological polar surface area (TPSA) is 140 Å². The van der Waals surface area contributed by atoms with Crippen LogP contribution in [-0.4, -0.2) is 51.2 Å². The summed E-state index contributed by atoms with van der Waals surface area (Å²) in [4.78, 5) is 42.6. The van der Waals surface area contributed by atoms with Crippen molar-refractivity contribution in [3.05, 3.63) is 47.8 Å². The lowest BCUT2D eigenvalue weighted by Gasteiger charge is -2.17. The molecule has 4 unspecified atom stereocenters. The second-order valence-corrected chi connectivity index (χ2v) is 14.2. The molecule has 1 aromatic rings. The fourth-order valence-corrected chi connectivity index (χ4v) is 6.97. The van der Waals surface area contributed by atoms with Gasteiger partial charge in [-0.2, -0.15) is 11.8 Å². The Hall–Kier alpha value is -1.52. The fraction of sp³-hybridized carbons (Fsp3) is 0.600. The van der Waals surface area contributed by atoms with E-state index in [4.69, 9.17) is 0 Å². The van der Waals surface area contributed by atoms with Gasteiger partial charge in [0.1, 0.15) is 4.57 Å². The molecular weight excluding hydrogens is 579 g/mol. The minimum absolute atomic E-state index is 0.0404. The number of carbonyl (C=O) groups is 2. The predicted octanol–water partition coefficient (Wildman–Crippen LogP) is 3.63. The van der Waals surface area contributed by atoms with Gasteiger partial charge < -0.3 is 31.1 Å². The first-order chi connectivity index (χ1) is 17.6. The smallest absolute Gasteiger partial charge is 0.343 e. The summed E-state index contributed by atoms with van der Waals surface area (Å²) in [7, 11) is -4.25. The van der Waals surface area contributed by atoms with Crippen LogP contribution in [0, 0.1) is 0 Å². The molecule has 0 radical (unpaired) electrons. The normalized spacial score (nSPS) is 21.6. The lowest BCUT2D eigenvalue weighted by Crippen LogP contribution is -2.36. The summed E-state index contributed by atoms with van der Waals surface area (Å²) in [6.45, 7) is 4.95. The highest BCUT2D eigenvalue weighted by molar-refractivity contribution is 9.10. The van der Waals surface area contributed by atoms with Crippen LogP contribution in [0.1, 0.15) is 67.1 Å². The largest absolute Gasteiger partial charge is 0.367 e. The van der Waals surface area contributed by atoms with Crippen molar-refractivity contribution in [2.45, 2.75) is 79.8 Å². The van der Waals surface area contributed by atoms with E-state index in [2.05, 4.69) is 43.8 Å². The summed E-state index contributed by atoms with van der Waals surface area (Å²) in [6.07, 6.45) is 6.51. The molecule has 4 atom stereocenters. The van der Waals surface area contributed by atoms with Crippen molar-refractivity contribution < 1.29 is 23.9 Å². The second-order valence-electron chi connectivity index (χ2n) is 9.62. The first kappa shape index (κ1) is 30.0. The van der Waals surface area contributed by atoms with E-state index in [1.54, 1.807) is 24.3 Å². The van der Waals surface area contributed by atoms with Crippen LogP contribution in [0.2, 0.25) is 0 Å². The molecule has 2 aliphatic heterocycles. The number of hydrogen-bond donors (Lipinski definition) is 6. The standard InChI is InChI=1S/C25H38BrN4O5PS/c1-17-29-20-16-37-21(24(20)30-17)7-4-5-9-22(31)27-14-6-2-3-8-23(32)28-15-18-10-12-19(13-11-18)25(26)36(33,34)35/h10-13,20-21,24-25,29-30H,1-9,14-16H2,(H,27,31)(H,28,32)(H2,33,34,35). The summed E-state index contributed by atoms with van der Waals surface area (Å²) in [5.74, 6) is 2.10. The van der Waals surface area contributed by atoms with Crippen LogP contribution >= 0.6 is 35.3 Å².